The summed E-state index contributed by atoms with van der Waals surface area (Å²) >= 11 is 0. The normalized spacial score (nSPS) is 13.8. The minimum Gasteiger partial charge on any atom is -0.0651 e. The lowest BCUT2D eigenvalue weighted by molar-refractivity contribution is 0.975. The molecule has 101 valence electrons. The molecule has 0 amide bonds. The Bertz CT molecular complexity index is 657. The molecule has 2 aromatic carbocycles. The van der Waals surface area contributed by atoms with Gasteiger partial charge in [0, 0.05) is 6.42 Å². The number of rotatable bonds is 3. The van der Waals surface area contributed by atoms with E-state index >= 15 is 0 Å². The van der Waals surface area contributed by atoms with Crippen molar-refractivity contribution >= 4 is 11.1 Å². The van der Waals surface area contributed by atoms with Crippen molar-refractivity contribution in [2.75, 3.05) is 0 Å². The van der Waals surface area contributed by atoms with Gasteiger partial charge in [-0.25, -0.2) is 0 Å². The summed E-state index contributed by atoms with van der Waals surface area (Å²) in [5.74, 6) is 0. The second kappa shape index (κ2) is 5.28. The zero-order valence-electron chi connectivity index (χ0n) is 12.5. The lowest BCUT2D eigenvalue weighted by Gasteiger charge is -2.10. The third-order valence-corrected chi connectivity index (χ3v) is 4.09. The smallest absolute Gasteiger partial charge is 0.0214 e. The maximum Gasteiger partial charge on any atom is 0.0214 e. The van der Waals surface area contributed by atoms with E-state index in [1.165, 1.54) is 45.4 Å². The molecule has 0 nitrogen and oxygen atoms in total. The van der Waals surface area contributed by atoms with Crippen molar-refractivity contribution in [1.82, 2.24) is 0 Å². The van der Waals surface area contributed by atoms with E-state index in [4.69, 9.17) is 0 Å². The first-order valence-corrected chi connectivity index (χ1v) is 7.45. The highest BCUT2D eigenvalue weighted by atomic mass is 14.3. The fourth-order valence-electron chi connectivity index (χ4n) is 3.10. The van der Waals surface area contributed by atoms with Crippen LogP contribution in [0.15, 0.2) is 42.5 Å². The minimum absolute atomic E-state index is 1.15. The molecular formula is C20H21. The average molecular weight is 261 g/mol. The highest BCUT2D eigenvalue weighted by molar-refractivity contribution is 6.02. The third kappa shape index (κ3) is 2.20. The van der Waals surface area contributed by atoms with Crippen molar-refractivity contribution < 1.29 is 0 Å². The number of fused-ring (bicyclic) bond motifs is 1. The van der Waals surface area contributed by atoms with Crippen LogP contribution in [-0.2, 0) is 0 Å². The zero-order chi connectivity index (χ0) is 14.1. The summed E-state index contributed by atoms with van der Waals surface area (Å²) in [5, 5.41) is 0. The van der Waals surface area contributed by atoms with E-state index in [1.54, 1.807) is 0 Å². The van der Waals surface area contributed by atoms with Gasteiger partial charge in [-0.05, 0) is 53.7 Å². The van der Waals surface area contributed by atoms with Crippen LogP contribution in [0, 0.1) is 20.3 Å². The van der Waals surface area contributed by atoms with Crippen molar-refractivity contribution in [2.24, 2.45) is 0 Å². The first-order valence-electron chi connectivity index (χ1n) is 7.45. The summed E-state index contributed by atoms with van der Waals surface area (Å²) in [4.78, 5) is 0. The van der Waals surface area contributed by atoms with Crippen LogP contribution in [0.2, 0.25) is 0 Å². The van der Waals surface area contributed by atoms with Crippen LogP contribution >= 0.6 is 0 Å². The van der Waals surface area contributed by atoms with Crippen molar-refractivity contribution in [3.8, 4) is 0 Å². The molecule has 0 N–H and O–H groups in total. The molecule has 2 aromatic rings. The van der Waals surface area contributed by atoms with Crippen LogP contribution < -0.4 is 0 Å². The second-order valence-electron chi connectivity index (χ2n) is 5.69. The molecule has 0 atom stereocenters. The highest BCUT2D eigenvalue weighted by Crippen LogP contribution is 2.43. The Labute approximate surface area is 122 Å². The fourth-order valence-corrected chi connectivity index (χ4v) is 3.10. The van der Waals surface area contributed by atoms with Crippen LogP contribution in [0.5, 0.6) is 0 Å². The van der Waals surface area contributed by atoms with E-state index in [2.05, 4.69) is 69.7 Å². The fraction of sp³-hybridized carbons (Fsp3) is 0.250. The molecule has 20 heavy (non-hydrogen) atoms. The van der Waals surface area contributed by atoms with Gasteiger partial charge in [0.2, 0.25) is 0 Å². The predicted molar refractivity (Wildman–Crippen MR) is 87.5 cm³/mol. The van der Waals surface area contributed by atoms with Gasteiger partial charge in [0.1, 0.15) is 0 Å². The Morgan fingerprint density at radius 1 is 0.900 bits per heavy atom. The lowest BCUT2D eigenvalue weighted by atomic mass is 9.94. The molecule has 3 rings (SSSR count). The van der Waals surface area contributed by atoms with Gasteiger partial charge in [0.15, 0.2) is 0 Å². The number of hydrogen-bond donors (Lipinski definition) is 0. The second-order valence-corrected chi connectivity index (χ2v) is 5.69. The lowest BCUT2D eigenvalue weighted by Crippen LogP contribution is -1.89. The highest BCUT2D eigenvalue weighted by Gasteiger charge is 2.23. The van der Waals surface area contributed by atoms with Gasteiger partial charge in [-0.2, -0.15) is 0 Å². The first-order chi connectivity index (χ1) is 9.70. The average Bonchev–Trinajstić information content (AvgIpc) is 2.80. The number of aryl methyl sites for hydroxylation is 2. The minimum atomic E-state index is 1.15. The van der Waals surface area contributed by atoms with E-state index in [1.807, 2.05) is 0 Å². The topological polar surface area (TPSA) is 0 Å². The van der Waals surface area contributed by atoms with Crippen LogP contribution in [0.1, 0.15) is 47.6 Å². The van der Waals surface area contributed by atoms with E-state index in [0.717, 1.165) is 6.42 Å². The Morgan fingerprint density at radius 2 is 1.65 bits per heavy atom. The summed E-state index contributed by atoms with van der Waals surface area (Å²) in [6.07, 6.45) is 4.70. The van der Waals surface area contributed by atoms with Crippen molar-refractivity contribution in [3.63, 3.8) is 0 Å². The van der Waals surface area contributed by atoms with Crippen LogP contribution in [0.25, 0.3) is 11.1 Å². The SMILES string of the molecule is CCCC1=C(c2ccc(C)cc2)[CH]c2cccc(C)c21. The molecule has 0 bridgehead atoms. The molecule has 1 aliphatic carbocycles. The third-order valence-electron chi connectivity index (χ3n) is 4.09. The molecule has 1 aliphatic rings. The maximum absolute atomic E-state index is 2.36. The Morgan fingerprint density at radius 3 is 2.35 bits per heavy atom. The summed E-state index contributed by atoms with van der Waals surface area (Å²) < 4.78 is 0. The van der Waals surface area contributed by atoms with Gasteiger partial charge in [-0.3, -0.25) is 0 Å². The largest absolute Gasteiger partial charge is 0.0651 e. The summed E-state index contributed by atoms with van der Waals surface area (Å²) in [5.41, 5.74) is 9.83. The zero-order valence-corrected chi connectivity index (χ0v) is 12.5. The standard InChI is InChI=1S/C20H21/c1-4-6-18-19(16-11-9-14(2)10-12-16)13-17-8-5-7-15(3)20(17)18/h5,7-13H,4,6H2,1-3H3. The molecule has 0 unspecified atom stereocenters. The molecule has 0 aliphatic heterocycles. The van der Waals surface area contributed by atoms with Gasteiger partial charge in [0.05, 0.1) is 0 Å². The monoisotopic (exact) mass is 261 g/mol. The molecule has 0 heterocycles. The van der Waals surface area contributed by atoms with Crippen LogP contribution in [0.4, 0.5) is 0 Å². The Kier molecular flexibility index (Phi) is 3.48. The Hall–Kier alpha value is -1.82. The Balaban J connectivity index is 2.13. The van der Waals surface area contributed by atoms with E-state index in [9.17, 15) is 0 Å². The van der Waals surface area contributed by atoms with Crippen molar-refractivity contribution in [1.29, 1.82) is 0 Å². The van der Waals surface area contributed by atoms with Gasteiger partial charge >= 0.3 is 0 Å². The summed E-state index contributed by atoms with van der Waals surface area (Å²) in [6, 6.07) is 15.5. The van der Waals surface area contributed by atoms with Gasteiger partial charge in [0.25, 0.3) is 0 Å². The van der Waals surface area contributed by atoms with Gasteiger partial charge < -0.3 is 0 Å². The van der Waals surface area contributed by atoms with Crippen LogP contribution in [0.3, 0.4) is 0 Å². The summed E-state index contributed by atoms with van der Waals surface area (Å²) in [7, 11) is 0. The molecule has 0 saturated heterocycles. The molecule has 0 spiro atoms. The predicted octanol–water partition coefficient (Wildman–Crippen LogP) is 5.58. The number of benzene rings is 2. The van der Waals surface area contributed by atoms with Crippen LogP contribution in [-0.4, -0.2) is 0 Å². The molecule has 0 aromatic heterocycles. The van der Waals surface area contributed by atoms with Gasteiger partial charge in [-0.15, -0.1) is 0 Å². The molecule has 1 radical (unpaired) electrons. The molecule has 0 saturated carbocycles. The first kappa shape index (κ1) is 13.2. The number of hydrogen-bond acceptors (Lipinski definition) is 0. The van der Waals surface area contributed by atoms with Gasteiger partial charge in [-0.1, -0.05) is 61.4 Å². The van der Waals surface area contributed by atoms with E-state index < -0.39 is 0 Å². The van der Waals surface area contributed by atoms with Crippen molar-refractivity contribution in [2.45, 2.75) is 33.6 Å². The number of allylic oxidation sites excluding steroid dienone is 2. The van der Waals surface area contributed by atoms with E-state index in [0.29, 0.717) is 0 Å². The molecule has 0 fully saturated rings. The van der Waals surface area contributed by atoms with Crippen molar-refractivity contribution in [3.05, 3.63) is 76.7 Å². The molecular weight excluding hydrogens is 240 g/mol. The summed E-state index contributed by atoms with van der Waals surface area (Å²) in [6.45, 7) is 6.62. The molecule has 0 heteroatoms. The maximum atomic E-state index is 2.36. The van der Waals surface area contributed by atoms with E-state index in [-0.39, 0.29) is 0 Å². The quantitative estimate of drug-likeness (QED) is 0.676.